The van der Waals surface area contributed by atoms with E-state index in [4.69, 9.17) is 11.6 Å². The zero-order chi connectivity index (χ0) is 22.1. The summed E-state index contributed by atoms with van der Waals surface area (Å²) in [6.07, 6.45) is -3.91. The molecule has 2 aromatic carbocycles. The fourth-order valence-electron chi connectivity index (χ4n) is 3.19. The van der Waals surface area contributed by atoms with E-state index in [9.17, 15) is 30.8 Å². The molecule has 3 rings (SSSR count). The van der Waals surface area contributed by atoms with E-state index >= 15 is 0 Å². The first kappa shape index (κ1) is 22.5. The Balaban J connectivity index is 1.74. The van der Waals surface area contributed by atoms with Crippen LogP contribution in [0.15, 0.2) is 47.4 Å². The van der Waals surface area contributed by atoms with Crippen LogP contribution in [0.4, 0.5) is 23.2 Å². The van der Waals surface area contributed by atoms with Crippen LogP contribution >= 0.6 is 11.6 Å². The number of piperidine rings is 1. The summed E-state index contributed by atoms with van der Waals surface area (Å²) in [5.41, 5.74) is -1.17. The van der Waals surface area contributed by atoms with Crippen molar-refractivity contribution in [1.29, 1.82) is 0 Å². The van der Waals surface area contributed by atoms with Crippen LogP contribution in [0.3, 0.4) is 0 Å². The van der Waals surface area contributed by atoms with Gasteiger partial charge < -0.3 is 5.32 Å². The van der Waals surface area contributed by atoms with E-state index < -0.39 is 44.4 Å². The fourth-order valence-corrected chi connectivity index (χ4v) is 4.94. The predicted octanol–water partition coefficient (Wildman–Crippen LogP) is 4.54. The van der Waals surface area contributed by atoms with E-state index in [1.807, 2.05) is 0 Å². The zero-order valence-corrected chi connectivity index (χ0v) is 17.0. The summed E-state index contributed by atoms with van der Waals surface area (Å²) in [5.74, 6) is -1.92. The van der Waals surface area contributed by atoms with Crippen molar-refractivity contribution in [2.24, 2.45) is 5.92 Å². The Morgan fingerprint density at radius 3 is 2.43 bits per heavy atom. The highest BCUT2D eigenvalue weighted by Gasteiger charge is 2.35. The molecule has 1 amide bonds. The van der Waals surface area contributed by atoms with E-state index in [1.54, 1.807) is 0 Å². The Morgan fingerprint density at radius 2 is 1.80 bits per heavy atom. The molecule has 1 fully saturated rings. The lowest BCUT2D eigenvalue weighted by Crippen LogP contribution is -2.43. The van der Waals surface area contributed by atoms with Gasteiger partial charge >= 0.3 is 6.18 Å². The normalized spacial score (nSPS) is 18.2. The number of anilines is 1. The Labute approximate surface area is 175 Å². The van der Waals surface area contributed by atoms with Gasteiger partial charge in [0.1, 0.15) is 5.82 Å². The maximum Gasteiger partial charge on any atom is 0.417 e. The Morgan fingerprint density at radius 1 is 1.13 bits per heavy atom. The number of nitrogens with zero attached hydrogens (tertiary/aromatic N) is 1. The van der Waals surface area contributed by atoms with Gasteiger partial charge in [-0.1, -0.05) is 11.6 Å². The molecule has 0 saturated carbocycles. The average Bonchev–Trinajstić information content (AvgIpc) is 2.69. The first-order chi connectivity index (χ1) is 14.0. The molecule has 0 aromatic heterocycles. The van der Waals surface area contributed by atoms with Crippen LogP contribution in [0.1, 0.15) is 18.4 Å². The number of amides is 1. The summed E-state index contributed by atoms with van der Waals surface area (Å²) in [6, 6.07) is 7.34. The molecule has 1 aliphatic rings. The molecule has 1 heterocycles. The highest BCUT2D eigenvalue weighted by atomic mass is 35.5. The second-order valence-corrected chi connectivity index (χ2v) is 9.18. The fraction of sp³-hybridized carbons (Fsp3) is 0.316. The number of sulfonamides is 1. The Bertz CT molecular complexity index is 1040. The van der Waals surface area contributed by atoms with Gasteiger partial charge in [-0.05, 0) is 55.3 Å². The molecule has 1 aliphatic heterocycles. The Kier molecular flexibility index (Phi) is 6.40. The average molecular weight is 465 g/mol. The third-order valence-electron chi connectivity index (χ3n) is 4.75. The number of carbonyl (C=O) groups excluding carboxylic acids is 1. The third kappa shape index (κ3) is 4.93. The van der Waals surface area contributed by atoms with Gasteiger partial charge in [-0.25, -0.2) is 12.8 Å². The van der Waals surface area contributed by atoms with Crippen molar-refractivity contribution in [1.82, 2.24) is 4.31 Å². The minimum atomic E-state index is -4.68. The summed E-state index contributed by atoms with van der Waals surface area (Å²) in [5, 5.41) is 1.91. The number of halogens is 5. The molecule has 0 unspecified atom stereocenters. The van der Waals surface area contributed by atoms with Gasteiger partial charge in [-0.2, -0.15) is 17.5 Å². The van der Waals surface area contributed by atoms with Crippen molar-refractivity contribution in [3.05, 3.63) is 58.9 Å². The van der Waals surface area contributed by atoms with Crippen LogP contribution in [0.25, 0.3) is 0 Å². The van der Waals surface area contributed by atoms with Gasteiger partial charge in [0.25, 0.3) is 0 Å². The van der Waals surface area contributed by atoms with E-state index in [1.165, 1.54) is 6.07 Å². The maximum absolute atomic E-state index is 13.1. The van der Waals surface area contributed by atoms with Gasteiger partial charge in [0.05, 0.1) is 21.4 Å². The van der Waals surface area contributed by atoms with Crippen molar-refractivity contribution < 1.29 is 30.8 Å². The van der Waals surface area contributed by atoms with Gasteiger partial charge in [0, 0.05) is 18.8 Å². The minimum absolute atomic E-state index is 0.0877. The molecule has 1 atom stereocenters. The summed E-state index contributed by atoms with van der Waals surface area (Å²) >= 11 is 5.57. The molecular weight excluding hydrogens is 448 g/mol. The predicted molar refractivity (Wildman–Crippen MR) is 103 cm³/mol. The molecule has 2 aromatic rings. The van der Waals surface area contributed by atoms with Crippen molar-refractivity contribution in [2.45, 2.75) is 23.9 Å². The summed E-state index contributed by atoms with van der Waals surface area (Å²) in [7, 11) is -3.93. The molecular formula is C19H17ClF4N2O3S. The van der Waals surface area contributed by atoms with E-state index in [2.05, 4.69) is 5.32 Å². The van der Waals surface area contributed by atoms with Crippen LogP contribution in [0.2, 0.25) is 5.02 Å². The second-order valence-electron chi connectivity index (χ2n) is 6.84. The van der Waals surface area contributed by atoms with E-state index in [0.29, 0.717) is 12.8 Å². The first-order valence-corrected chi connectivity index (χ1v) is 10.7. The smallest absolute Gasteiger partial charge is 0.326 e. The summed E-state index contributed by atoms with van der Waals surface area (Å²) < 4.78 is 78.7. The number of hydrogen-bond donors (Lipinski definition) is 1. The first-order valence-electron chi connectivity index (χ1n) is 8.92. The van der Waals surface area contributed by atoms with Crippen LogP contribution in [0.5, 0.6) is 0 Å². The van der Waals surface area contributed by atoms with Gasteiger partial charge in [0.2, 0.25) is 15.9 Å². The van der Waals surface area contributed by atoms with Gasteiger partial charge in [-0.15, -0.1) is 0 Å². The largest absolute Gasteiger partial charge is 0.417 e. The lowest BCUT2D eigenvalue weighted by atomic mass is 9.98. The number of hydrogen-bond acceptors (Lipinski definition) is 3. The molecule has 1 saturated heterocycles. The highest BCUT2D eigenvalue weighted by Crippen LogP contribution is 2.36. The van der Waals surface area contributed by atoms with Crippen LogP contribution in [-0.4, -0.2) is 31.7 Å². The minimum Gasteiger partial charge on any atom is -0.326 e. The standard InChI is InChI=1S/C19H17ClF4N2O3S/c20-17-8-5-14(10-16(17)19(22,23)24)25-18(27)12-2-1-9-26(11-12)30(28,29)15-6-3-13(21)4-7-15/h3-8,10,12H,1-2,9,11H2,(H,25,27)/t12-/m0/s1. The lowest BCUT2D eigenvalue weighted by molar-refractivity contribution is -0.137. The number of alkyl halides is 3. The topological polar surface area (TPSA) is 66.5 Å². The number of carbonyl (C=O) groups is 1. The molecule has 0 spiro atoms. The second kappa shape index (κ2) is 8.52. The quantitative estimate of drug-likeness (QED) is 0.676. The molecule has 30 heavy (non-hydrogen) atoms. The van der Waals surface area contributed by atoms with E-state index in [0.717, 1.165) is 40.7 Å². The molecule has 0 aliphatic carbocycles. The summed E-state index contributed by atoms with van der Waals surface area (Å²) in [6.45, 7) is 0.0495. The van der Waals surface area contributed by atoms with E-state index in [-0.39, 0.29) is 23.7 Å². The highest BCUT2D eigenvalue weighted by molar-refractivity contribution is 7.89. The monoisotopic (exact) mass is 464 g/mol. The van der Waals surface area contributed by atoms with Crippen molar-refractivity contribution in [2.75, 3.05) is 18.4 Å². The van der Waals surface area contributed by atoms with Crippen molar-refractivity contribution in [3.63, 3.8) is 0 Å². The maximum atomic E-state index is 13.1. The molecule has 1 N–H and O–H groups in total. The molecule has 162 valence electrons. The van der Waals surface area contributed by atoms with Gasteiger partial charge in [-0.3, -0.25) is 4.79 Å². The molecule has 11 heteroatoms. The van der Waals surface area contributed by atoms with Crippen LogP contribution in [-0.2, 0) is 21.0 Å². The van der Waals surface area contributed by atoms with Gasteiger partial charge in [0.15, 0.2) is 0 Å². The SMILES string of the molecule is O=C(Nc1ccc(Cl)c(C(F)(F)F)c1)[C@H]1CCCN(S(=O)(=O)c2ccc(F)cc2)C1. The number of rotatable bonds is 4. The van der Waals surface area contributed by atoms with Crippen LogP contribution < -0.4 is 5.32 Å². The molecule has 0 radical (unpaired) electrons. The Hall–Kier alpha value is -2.17. The van der Waals surface area contributed by atoms with Crippen LogP contribution in [0, 0.1) is 11.7 Å². The number of benzene rings is 2. The summed E-state index contributed by atoms with van der Waals surface area (Å²) in [4.78, 5) is 12.5. The zero-order valence-electron chi connectivity index (χ0n) is 15.4. The van der Waals surface area contributed by atoms with Crippen molar-refractivity contribution >= 4 is 33.2 Å². The number of nitrogens with one attached hydrogen (secondary N) is 1. The van der Waals surface area contributed by atoms with Crippen molar-refractivity contribution in [3.8, 4) is 0 Å². The lowest BCUT2D eigenvalue weighted by Gasteiger charge is -2.31. The third-order valence-corrected chi connectivity index (χ3v) is 6.95. The molecule has 5 nitrogen and oxygen atoms in total. The molecule has 0 bridgehead atoms.